The van der Waals surface area contributed by atoms with Crippen molar-refractivity contribution in [3.63, 3.8) is 0 Å². The predicted molar refractivity (Wildman–Crippen MR) is 121 cm³/mol. The Morgan fingerprint density at radius 3 is 2.35 bits per heavy atom. The van der Waals surface area contributed by atoms with Crippen LogP contribution in [0.1, 0.15) is 47.0 Å². The minimum Gasteiger partial charge on any atom is -0.396 e. The minimum absolute atomic E-state index is 0. The largest absolute Gasteiger partial charge is 0.396 e. The second kappa shape index (κ2) is 15.9. The first kappa shape index (κ1) is 28.1. The number of guanidine groups is 1. The van der Waals surface area contributed by atoms with Crippen LogP contribution in [0.5, 0.6) is 0 Å². The van der Waals surface area contributed by atoms with Gasteiger partial charge in [0.15, 0.2) is 5.96 Å². The SMILES string of the molecule is CCNC(=NCC(CCO)CC(C)C)NCCCN(CC)S(C)(=O)=O.I. The van der Waals surface area contributed by atoms with Gasteiger partial charge in [0.05, 0.1) is 6.26 Å². The van der Waals surface area contributed by atoms with Crippen molar-refractivity contribution in [2.75, 3.05) is 45.6 Å². The third-order valence-electron chi connectivity index (χ3n) is 3.89. The van der Waals surface area contributed by atoms with Gasteiger partial charge in [0.1, 0.15) is 0 Å². The molecule has 1 unspecified atom stereocenters. The van der Waals surface area contributed by atoms with Crippen LogP contribution in [0.4, 0.5) is 0 Å². The number of aliphatic imine (C=N–C) groups is 1. The fourth-order valence-electron chi connectivity index (χ4n) is 2.72. The summed E-state index contributed by atoms with van der Waals surface area (Å²) >= 11 is 0. The van der Waals surface area contributed by atoms with Crippen molar-refractivity contribution in [2.24, 2.45) is 16.8 Å². The maximum absolute atomic E-state index is 11.6. The molecule has 0 radical (unpaired) electrons. The topological polar surface area (TPSA) is 94.0 Å². The molecule has 3 N–H and O–H groups in total. The lowest BCUT2D eigenvalue weighted by Crippen LogP contribution is -2.39. The van der Waals surface area contributed by atoms with Crippen LogP contribution in [0.25, 0.3) is 0 Å². The van der Waals surface area contributed by atoms with Crippen LogP contribution in [0, 0.1) is 11.8 Å². The molecule has 0 aliphatic heterocycles. The third kappa shape index (κ3) is 14.0. The molecule has 0 aromatic heterocycles. The van der Waals surface area contributed by atoms with Crippen LogP contribution in [0.15, 0.2) is 4.99 Å². The van der Waals surface area contributed by atoms with E-state index in [4.69, 9.17) is 0 Å². The number of sulfonamides is 1. The van der Waals surface area contributed by atoms with E-state index in [1.165, 1.54) is 10.6 Å². The van der Waals surface area contributed by atoms with Crippen molar-refractivity contribution < 1.29 is 13.5 Å². The fourth-order valence-corrected chi connectivity index (χ4v) is 3.65. The van der Waals surface area contributed by atoms with Crippen molar-refractivity contribution in [1.29, 1.82) is 0 Å². The molecule has 0 aromatic carbocycles. The molecule has 0 aromatic rings. The highest BCUT2D eigenvalue weighted by Gasteiger charge is 2.13. The molecule has 0 aliphatic rings. The van der Waals surface area contributed by atoms with Crippen molar-refractivity contribution in [2.45, 2.75) is 47.0 Å². The van der Waals surface area contributed by atoms with Crippen molar-refractivity contribution in [1.82, 2.24) is 14.9 Å². The van der Waals surface area contributed by atoms with E-state index < -0.39 is 10.0 Å². The number of hydrogen-bond donors (Lipinski definition) is 3. The van der Waals surface area contributed by atoms with Gasteiger partial charge in [-0.3, -0.25) is 4.99 Å². The standard InChI is InChI=1S/C17H38N4O3S.HI/c1-6-18-17(20-14-16(9-12-22)13-15(3)4)19-10-8-11-21(7-2)25(5,23)24;/h15-16,22H,6-14H2,1-5H3,(H2,18,19,20);1H. The van der Waals surface area contributed by atoms with Gasteiger partial charge in [0, 0.05) is 39.3 Å². The zero-order chi connectivity index (χ0) is 19.3. The lowest BCUT2D eigenvalue weighted by Gasteiger charge is -2.19. The first-order chi connectivity index (χ1) is 11.7. The molecule has 0 aliphatic carbocycles. The molecule has 0 rings (SSSR count). The van der Waals surface area contributed by atoms with Crippen molar-refractivity contribution >= 4 is 40.0 Å². The molecular formula is C17H39IN4O3S. The first-order valence-corrected chi connectivity index (χ1v) is 11.2. The van der Waals surface area contributed by atoms with E-state index in [0.717, 1.165) is 31.8 Å². The van der Waals surface area contributed by atoms with Gasteiger partial charge in [0.25, 0.3) is 0 Å². The molecule has 158 valence electrons. The molecule has 0 heterocycles. The Labute approximate surface area is 177 Å². The van der Waals surface area contributed by atoms with Crippen LogP contribution >= 0.6 is 24.0 Å². The summed E-state index contributed by atoms with van der Waals surface area (Å²) in [5, 5.41) is 15.7. The molecule has 26 heavy (non-hydrogen) atoms. The van der Waals surface area contributed by atoms with E-state index in [1.807, 2.05) is 13.8 Å². The summed E-state index contributed by atoms with van der Waals surface area (Å²) in [7, 11) is -3.13. The van der Waals surface area contributed by atoms with E-state index >= 15 is 0 Å². The Balaban J connectivity index is 0. The summed E-state index contributed by atoms with van der Waals surface area (Å²) in [6.45, 7) is 11.5. The molecule has 0 bridgehead atoms. The van der Waals surface area contributed by atoms with Gasteiger partial charge in [-0.1, -0.05) is 20.8 Å². The molecule has 9 heteroatoms. The van der Waals surface area contributed by atoms with E-state index in [2.05, 4.69) is 29.5 Å². The highest BCUT2D eigenvalue weighted by molar-refractivity contribution is 14.0. The van der Waals surface area contributed by atoms with Crippen molar-refractivity contribution in [3.8, 4) is 0 Å². The fraction of sp³-hybridized carbons (Fsp3) is 0.941. The monoisotopic (exact) mass is 506 g/mol. The zero-order valence-electron chi connectivity index (χ0n) is 17.0. The molecule has 0 saturated heterocycles. The molecule has 0 saturated carbocycles. The molecule has 1 atom stereocenters. The van der Waals surface area contributed by atoms with E-state index in [1.54, 1.807) is 0 Å². The first-order valence-electron chi connectivity index (χ1n) is 9.32. The Bertz CT molecular complexity index is 473. The molecule has 0 spiro atoms. The maximum Gasteiger partial charge on any atom is 0.211 e. The number of aliphatic hydroxyl groups is 1. The number of rotatable bonds is 13. The summed E-state index contributed by atoms with van der Waals surface area (Å²) < 4.78 is 24.6. The molecular weight excluding hydrogens is 467 g/mol. The average Bonchev–Trinajstić information content (AvgIpc) is 2.50. The summed E-state index contributed by atoms with van der Waals surface area (Å²) in [4.78, 5) is 4.62. The Hall–Kier alpha value is -0.130. The Kier molecular flexibility index (Phi) is 17.2. The number of hydrogen-bond acceptors (Lipinski definition) is 4. The number of nitrogens with one attached hydrogen (secondary N) is 2. The van der Waals surface area contributed by atoms with Gasteiger partial charge in [-0.15, -0.1) is 24.0 Å². The van der Waals surface area contributed by atoms with Crippen LogP contribution in [0.2, 0.25) is 0 Å². The van der Waals surface area contributed by atoms with Crippen LogP contribution < -0.4 is 10.6 Å². The molecule has 0 fully saturated rings. The van der Waals surface area contributed by atoms with E-state index in [9.17, 15) is 13.5 Å². The number of nitrogens with zero attached hydrogens (tertiary/aromatic N) is 2. The maximum atomic E-state index is 11.6. The summed E-state index contributed by atoms with van der Waals surface area (Å²) in [5.41, 5.74) is 0. The second-order valence-electron chi connectivity index (χ2n) is 6.76. The minimum atomic E-state index is -3.13. The smallest absolute Gasteiger partial charge is 0.211 e. The number of halogens is 1. The van der Waals surface area contributed by atoms with Crippen LogP contribution in [0.3, 0.4) is 0 Å². The van der Waals surface area contributed by atoms with E-state index in [0.29, 0.717) is 38.0 Å². The number of aliphatic hydroxyl groups excluding tert-OH is 1. The highest BCUT2D eigenvalue weighted by Crippen LogP contribution is 2.15. The summed E-state index contributed by atoms with van der Waals surface area (Å²) in [6.07, 6.45) is 3.77. The Morgan fingerprint density at radius 1 is 1.23 bits per heavy atom. The van der Waals surface area contributed by atoms with Crippen LogP contribution in [-0.4, -0.2) is 69.4 Å². The summed E-state index contributed by atoms with van der Waals surface area (Å²) in [6, 6.07) is 0. The average molecular weight is 506 g/mol. The van der Waals surface area contributed by atoms with Gasteiger partial charge >= 0.3 is 0 Å². The van der Waals surface area contributed by atoms with Gasteiger partial charge < -0.3 is 15.7 Å². The summed E-state index contributed by atoms with van der Waals surface area (Å²) in [5.74, 6) is 1.70. The predicted octanol–water partition coefficient (Wildman–Crippen LogP) is 1.88. The van der Waals surface area contributed by atoms with Gasteiger partial charge in [-0.25, -0.2) is 12.7 Å². The highest BCUT2D eigenvalue weighted by atomic mass is 127. The van der Waals surface area contributed by atoms with Gasteiger partial charge in [0.2, 0.25) is 10.0 Å². The molecule has 0 amide bonds. The lowest BCUT2D eigenvalue weighted by molar-refractivity contribution is 0.245. The Morgan fingerprint density at radius 2 is 1.88 bits per heavy atom. The van der Waals surface area contributed by atoms with E-state index in [-0.39, 0.29) is 30.6 Å². The van der Waals surface area contributed by atoms with Crippen LogP contribution in [-0.2, 0) is 10.0 Å². The third-order valence-corrected chi connectivity index (χ3v) is 5.27. The van der Waals surface area contributed by atoms with Gasteiger partial charge in [-0.2, -0.15) is 0 Å². The van der Waals surface area contributed by atoms with Crippen molar-refractivity contribution in [3.05, 3.63) is 0 Å². The quantitative estimate of drug-likeness (QED) is 0.154. The normalized spacial score (nSPS) is 13.6. The second-order valence-corrected chi connectivity index (χ2v) is 8.74. The van der Waals surface area contributed by atoms with Gasteiger partial charge in [-0.05, 0) is 38.0 Å². The zero-order valence-corrected chi connectivity index (χ0v) is 20.1. The molecule has 7 nitrogen and oxygen atoms in total. The lowest BCUT2D eigenvalue weighted by atomic mass is 9.94.